The van der Waals surface area contributed by atoms with E-state index in [2.05, 4.69) is 9.46 Å². The summed E-state index contributed by atoms with van der Waals surface area (Å²) in [7, 11) is -3.11. The van der Waals surface area contributed by atoms with E-state index in [9.17, 15) is 13.2 Å². The Bertz CT molecular complexity index is 199. The second-order valence-corrected chi connectivity index (χ2v) is 3.82. The molecule has 0 aliphatic rings. The van der Waals surface area contributed by atoms with Gasteiger partial charge < -0.3 is 4.74 Å². The summed E-state index contributed by atoms with van der Waals surface area (Å²) >= 11 is 0. The van der Waals surface area contributed by atoms with Gasteiger partial charge >= 0.3 is 0 Å². The molecule has 0 aliphatic heterocycles. The Hall–Kier alpha value is -0.620. The number of hydrogen-bond acceptors (Lipinski definition) is 4. The summed E-state index contributed by atoms with van der Waals surface area (Å²) in [6.07, 6.45) is 1.57. The fourth-order valence-electron chi connectivity index (χ4n) is 0.461. The molecular weight excluding hydrogens is 170 g/mol. The number of nitrogens with one attached hydrogen (secondary N) is 1. The standard InChI is InChI=1S/C5H11NO4S/c1-11(8,9)6-3-2-4-10-5-7/h5-6H,2-4H2,1H3. The number of carbonyl (C=O) groups is 1. The Morgan fingerprint density at radius 3 is 2.64 bits per heavy atom. The van der Waals surface area contributed by atoms with Crippen molar-refractivity contribution in [2.24, 2.45) is 0 Å². The molecule has 0 bridgehead atoms. The van der Waals surface area contributed by atoms with Gasteiger partial charge in [-0.2, -0.15) is 0 Å². The van der Waals surface area contributed by atoms with E-state index in [0.717, 1.165) is 6.26 Å². The third-order valence-corrected chi connectivity index (χ3v) is 1.60. The lowest BCUT2D eigenvalue weighted by Gasteiger charge is -1.99. The number of hydrogen-bond donors (Lipinski definition) is 1. The molecule has 0 amide bonds. The Morgan fingerprint density at radius 2 is 2.18 bits per heavy atom. The average Bonchev–Trinajstić information content (AvgIpc) is 1.85. The minimum atomic E-state index is -3.11. The lowest BCUT2D eigenvalue weighted by atomic mass is 10.5. The molecule has 1 N–H and O–H groups in total. The molecule has 0 atom stereocenters. The van der Waals surface area contributed by atoms with E-state index in [1.807, 2.05) is 0 Å². The normalized spacial score (nSPS) is 11.0. The maximum Gasteiger partial charge on any atom is 0.293 e. The predicted molar refractivity (Wildman–Crippen MR) is 39.5 cm³/mol. The van der Waals surface area contributed by atoms with Crippen molar-refractivity contribution < 1.29 is 17.9 Å². The van der Waals surface area contributed by atoms with Crippen LogP contribution in [0.4, 0.5) is 0 Å². The van der Waals surface area contributed by atoms with Crippen molar-refractivity contribution in [1.82, 2.24) is 4.72 Å². The second kappa shape index (κ2) is 5.09. The minimum absolute atomic E-state index is 0.242. The Labute approximate surface area is 65.8 Å². The highest BCUT2D eigenvalue weighted by molar-refractivity contribution is 7.88. The first-order valence-corrected chi connectivity index (χ1v) is 4.95. The molecule has 11 heavy (non-hydrogen) atoms. The maximum atomic E-state index is 10.4. The molecule has 0 aromatic carbocycles. The molecule has 66 valence electrons. The highest BCUT2D eigenvalue weighted by Gasteiger charge is 1.97. The Morgan fingerprint density at radius 1 is 1.55 bits per heavy atom. The molecule has 0 aromatic rings. The molecule has 0 fully saturated rings. The van der Waals surface area contributed by atoms with Crippen molar-refractivity contribution in [3.8, 4) is 0 Å². The molecule has 0 aliphatic carbocycles. The largest absolute Gasteiger partial charge is 0.468 e. The van der Waals surface area contributed by atoms with Gasteiger partial charge in [0.25, 0.3) is 6.47 Å². The van der Waals surface area contributed by atoms with Gasteiger partial charge in [-0.25, -0.2) is 13.1 Å². The third kappa shape index (κ3) is 9.38. The van der Waals surface area contributed by atoms with Gasteiger partial charge in [0.05, 0.1) is 12.9 Å². The summed E-state index contributed by atoms with van der Waals surface area (Å²) in [6, 6.07) is 0. The van der Waals surface area contributed by atoms with Crippen molar-refractivity contribution >= 4 is 16.5 Å². The van der Waals surface area contributed by atoms with Gasteiger partial charge in [-0.1, -0.05) is 0 Å². The molecule has 0 heterocycles. The Kier molecular flexibility index (Phi) is 4.80. The van der Waals surface area contributed by atoms with Crippen LogP contribution in [0.1, 0.15) is 6.42 Å². The molecule has 0 radical (unpaired) electrons. The molecule has 0 rings (SSSR count). The van der Waals surface area contributed by atoms with Crippen LogP contribution in [0.5, 0.6) is 0 Å². The van der Waals surface area contributed by atoms with E-state index in [4.69, 9.17) is 0 Å². The topological polar surface area (TPSA) is 72.5 Å². The number of sulfonamides is 1. The average molecular weight is 181 g/mol. The van der Waals surface area contributed by atoms with Crippen molar-refractivity contribution in [2.45, 2.75) is 6.42 Å². The molecule has 6 heteroatoms. The summed E-state index contributed by atoms with van der Waals surface area (Å²) < 4.78 is 27.5. The fraction of sp³-hybridized carbons (Fsp3) is 0.800. The van der Waals surface area contributed by atoms with Crippen LogP contribution in [0.3, 0.4) is 0 Å². The molecule has 0 saturated carbocycles. The SMILES string of the molecule is CS(=O)(=O)NCCCOC=O. The maximum absolute atomic E-state index is 10.4. The molecular formula is C5H11NO4S. The van der Waals surface area contributed by atoms with Crippen LogP contribution in [-0.4, -0.2) is 34.3 Å². The zero-order valence-electron chi connectivity index (χ0n) is 6.24. The van der Waals surface area contributed by atoms with Crippen molar-refractivity contribution in [2.75, 3.05) is 19.4 Å². The van der Waals surface area contributed by atoms with Crippen LogP contribution in [-0.2, 0) is 19.6 Å². The van der Waals surface area contributed by atoms with Crippen LogP contribution in [0, 0.1) is 0 Å². The molecule has 0 saturated heterocycles. The summed E-state index contributed by atoms with van der Waals surface area (Å²) in [5.74, 6) is 0. The number of carbonyl (C=O) groups excluding carboxylic acids is 1. The zero-order valence-corrected chi connectivity index (χ0v) is 7.06. The highest BCUT2D eigenvalue weighted by atomic mass is 32.2. The molecule has 0 aromatic heterocycles. The van der Waals surface area contributed by atoms with Crippen LogP contribution < -0.4 is 4.72 Å². The quantitative estimate of drug-likeness (QED) is 0.425. The lowest BCUT2D eigenvalue weighted by molar-refractivity contribution is -0.128. The van der Waals surface area contributed by atoms with Crippen LogP contribution in [0.25, 0.3) is 0 Å². The minimum Gasteiger partial charge on any atom is -0.468 e. The van der Waals surface area contributed by atoms with Crippen molar-refractivity contribution in [1.29, 1.82) is 0 Å². The summed E-state index contributed by atoms with van der Waals surface area (Å²) in [5.41, 5.74) is 0. The fourth-order valence-corrected chi connectivity index (χ4v) is 0.976. The molecule has 0 unspecified atom stereocenters. The van der Waals surface area contributed by atoms with E-state index in [0.29, 0.717) is 19.4 Å². The monoisotopic (exact) mass is 181 g/mol. The first kappa shape index (κ1) is 10.4. The van der Waals surface area contributed by atoms with Crippen molar-refractivity contribution in [3.05, 3.63) is 0 Å². The van der Waals surface area contributed by atoms with Gasteiger partial charge in [0.2, 0.25) is 10.0 Å². The van der Waals surface area contributed by atoms with Crippen LogP contribution in [0.15, 0.2) is 0 Å². The Balaban J connectivity index is 3.22. The number of rotatable bonds is 6. The lowest BCUT2D eigenvalue weighted by Crippen LogP contribution is -2.23. The zero-order chi connectivity index (χ0) is 8.74. The number of ether oxygens (including phenoxy) is 1. The van der Waals surface area contributed by atoms with E-state index in [1.54, 1.807) is 0 Å². The molecule has 5 nitrogen and oxygen atoms in total. The van der Waals surface area contributed by atoms with Gasteiger partial charge in [-0.15, -0.1) is 0 Å². The highest BCUT2D eigenvalue weighted by Crippen LogP contribution is 1.79. The second-order valence-electron chi connectivity index (χ2n) is 1.99. The third-order valence-electron chi connectivity index (χ3n) is 0.871. The van der Waals surface area contributed by atoms with Gasteiger partial charge in [0.15, 0.2) is 0 Å². The van der Waals surface area contributed by atoms with E-state index < -0.39 is 10.0 Å². The summed E-state index contributed by atoms with van der Waals surface area (Å²) in [6.45, 7) is 0.874. The first-order valence-electron chi connectivity index (χ1n) is 3.06. The van der Waals surface area contributed by atoms with E-state index in [1.165, 1.54) is 0 Å². The van der Waals surface area contributed by atoms with Crippen LogP contribution >= 0.6 is 0 Å². The van der Waals surface area contributed by atoms with E-state index in [-0.39, 0.29) is 6.61 Å². The smallest absolute Gasteiger partial charge is 0.293 e. The van der Waals surface area contributed by atoms with Gasteiger partial charge in [0, 0.05) is 6.54 Å². The summed E-state index contributed by atoms with van der Waals surface area (Å²) in [5, 5.41) is 0. The van der Waals surface area contributed by atoms with Gasteiger partial charge in [0.1, 0.15) is 0 Å². The van der Waals surface area contributed by atoms with E-state index >= 15 is 0 Å². The van der Waals surface area contributed by atoms with Crippen LogP contribution in [0.2, 0.25) is 0 Å². The summed E-state index contributed by atoms with van der Waals surface area (Å²) in [4.78, 5) is 9.60. The molecule has 0 spiro atoms. The van der Waals surface area contributed by atoms with Gasteiger partial charge in [-0.3, -0.25) is 4.79 Å². The van der Waals surface area contributed by atoms with Gasteiger partial charge in [-0.05, 0) is 6.42 Å². The first-order chi connectivity index (χ1) is 5.06. The predicted octanol–water partition coefficient (Wildman–Crippen LogP) is -0.901. The van der Waals surface area contributed by atoms with Crippen molar-refractivity contribution in [3.63, 3.8) is 0 Å².